The van der Waals surface area contributed by atoms with E-state index in [1.807, 2.05) is 6.92 Å². The summed E-state index contributed by atoms with van der Waals surface area (Å²) in [5.41, 5.74) is 0. The van der Waals surface area contributed by atoms with Gasteiger partial charge in [-0.25, -0.2) is 8.42 Å². The van der Waals surface area contributed by atoms with Gasteiger partial charge in [-0.1, -0.05) is 20.8 Å². The molecule has 0 aromatic carbocycles. The summed E-state index contributed by atoms with van der Waals surface area (Å²) < 4.78 is 29.4. The number of hydrogen-bond donors (Lipinski definition) is 1. The smallest absolute Gasteiger partial charge is 0.192 e. The zero-order valence-electron chi connectivity index (χ0n) is 14.2. The minimum atomic E-state index is -2.90. The zero-order chi connectivity index (χ0) is 16.5. The van der Waals surface area contributed by atoms with E-state index in [4.69, 9.17) is 4.43 Å². The Bertz CT molecular complexity index is 430. The van der Waals surface area contributed by atoms with Crippen LogP contribution in [0.15, 0.2) is 0 Å². The number of aliphatic hydroxyl groups excluding tert-OH is 1. The molecule has 1 N–H and O–H groups in total. The normalized spacial score (nSPS) is 23.8. The van der Waals surface area contributed by atoms with Crippen LogP contribution in [-0.2, 0) is 14.3 Å². The molecule has 1 aliphatic rings. The maximum absolute atomic E-state index is 11.5. The van der Waals surface area contributed by atoms with Crippen LogP contribution in [0, 0.1) is 0 Å². The Labute approximate surface area is 130 Å². The van der Waals surface area contributed by atoms with E-state index in [9.17, 15) is 13.5 Å². The number of sulfone groups is 1. The summed E-state index contributed by atoms with van der Waals surface area (Å²) in [6.45, 7) is 13.9. The first kappa shape index (κ1) is 19.1. The lowest BCUT2D eigenvalue weighted by Crippen LogP contribution is -2.55. The van der Waals surface area contributed by atoms with Crippen LogP contribution in [0.2, 0.25) is 18.1 Å². The lowest BCUT2D eigenvalue weighted by molar-refractivity contribution is 0.0357. The second-order valence-electron chi connectivity index (χ2n) is 7.52. The van der Waals surface area contributed by atoms with Crippen LogP contribution >= 0.6 is 0 Å². The van der Waals surface area contributed by atoms with Crippen LogP contribution in [0.4, 0.5) is 0 Å². The van der Waals surface area contributed by atoms with Crippen molar-refractivity contribution >= 4 is 18.2 Å². The molecule has 0 saturated carbocycles. The second kappa shape index (κ2) is 6.66. The Morgan fingerprint density at radius 3 is 2.10 bits per heavy atom. The van der Waals surface area contributed by atoms with Crippen molar-refractivity contribution in [2.24, 2.45) is 0 Å². The second-order valence-corrected chi connectivity index (χ2v) is 14.6. The standard InChI is InChI=1S/C14H31NO4SSi/c1-12(19-21(5,6)14(2,3)4)13(11-16)15-7-9-20(17,18)10-8-15/h12-13,16H,7-11H2,1-6H3/t12-,13-/m1/s1. The molecule has 1 saturated heterocycles. The van der Waals surface area contributed by atoms with Crippen LogP contribution in [0.1, 0.15) is 27.7 Å². The highest BCUT2D eigenvalue weighted by molar-refractivity contribution is 7.91. The first-order chi connectivity index (χ1) is 9.39. The third kappa shape index (κ3) is 5.02. The summed E-state index contributed by atoms with van der Waals surface area (Å²) in [5, 5.41) is 9.84. The first-order valence-corrected chi connectivity index (χ1v) is 12.4. The average Bonchev–Trinajstić information content (AvgIpc) is 2.30. The fourth-order valence-corrected chi connectivity index (χ4v) is 5.01. The van der Waals surface area contributed by atoms with Gasteiger partial charge in [-0.3, -0.25) is 4.90 Å². The third-order valence-electron chi connectivity index (χ3n) is 4.86. The van der Waals surface area contributed by atoms with Gasteiger partial charge in [0.15, 0.2) is 18.2 Å². The molecule has 0 unspecified atom stereocenters. The Kier molecular flexibility index (Phi) is 6.06. The molecule has 1 rings (SSSR count). The molecule has 0 amide bonds. The summed E-state index contributed by atoms with van der Waals surface area (Å²) in [6.07, 6.45) is -0.100. The summed E-state index contributed by atoms with van der Waals surface area (Å²) in [4.78, 5) is 2.05. The van der Waals surface area contributed by atoms with Gasteiger partial charge in [0, 0.05) is 13.1 Å². The molecule has 0 radical (unpaired) electrons. The van der Waals surface area contributed by atoms with E-state index in [1.54, 1.807) is 0 Å². The van der Waals surface area contributed by atoms with Crippen molar-refractivity contribution in [1.29, 1.82) is 0 Å². The van der Waals surface area contributed by atoms with Crippen molar-refractivity contribution < 1.29 is 18.0 Å². The van der Waals surface area contributed by atoms with Crippen LogP contribution < -0.4 is 0 Å². The predicted octanol–water partition coefficient (Wildman–Crippen LogP) is 1.49. The van der Waals surface area contributed by atoms with Crippen molar-refractivity contribution in [3.63, 3.8) is 0 Å². The number of aliphatic hydroxyl groups is 1. The summed E-state index contributed by atoms with van der Waals surface area (Å²) in [5.74, 6) is 0.354. The maximum Gasteiger partial charge on any atom is 0.192 e. The van der Waals surface area contributed by atoms with E-state index in [-0.39, 0.29) is 35.3 Å². The van der Waals surface area contributed by atoms with Crippen LogP contribution in [-0.4, -0.2) is 70.1 Å². The van der Waals surface area contributed by atoms with Crippen molar-refractivity contribution in [2.45, 2.75) is 58.0 Å². The lowest BCUT2D eigenvalue weighted by Gasteiger charge is -2.43. The van der Waals surface area contributed by atoms with E-state index in [0.29, 0.717) is 13.1 Å². The zero-order valence-corrected chi connectivity index (χ0v) is 16.0. The third-order valence-corrected chi connectivity index (χ3v) is 11.0. The molecule has 5 nitrogen and oxygen atoms in total. The van der Waals surface area contributed by atoms with E-state index >= 15 is 0 Å². The molecule has 1 fully saturated rings. The minimum Gasteiger partial charge on any atom is -0.413 e. The molecule has 0 aliphatic carbocycles. The Morgan fingerprint density at radius 1 is 1.24 bits per heavy atom. The quantitative estimate of drug-likeness (QED) is 0.770. The monoisotopic (exact) mass is 337 g/mol. The van der Waals surface area contributed by atoms with Gasteiger partial charge in [-0.15, -0.1) is 0 Å². The van der Waals surface area contributed by atoms with Crippen molar-refractivity contribution in [3.05, 3.63) is 0 Å². The van der Waals surface area contributed by atoms with Gasteiger partial charge in [0.2, 0.25) is 0 Å². The molecular weight excluding hydrogens is 306 g/mol. The molecule has 21 heavy (non-hydrogen) atoms. The molecule has 2 atom stereocenters. The lowest BCUT2D eigenvalue weighted by atomic mass is 10.1. The van der Waals surface area contributed by atoms with E-state index in [0.717, 1.165) is 0 Å². The highest BCUT2D eigenvalue weighted by Gasteiger charge is 2.41. The van der Waals surface area contributed by atoms with E-state index in [1.165, 1.54) is 0 Å². The molecule has 7 heteroatoms. The van der Waals surface area contributed by atoms with E-state index < -0.39 is 18.2 Å². The highest BCUT2D eigenvalue weighted by Crippen LogP contribution is 2.37. The van der Waals surface area contributed by atoms with Gasteiger partial charge >= 0.3 is 0 Å². The van der Waals surface area contributed by atoms with E-state index in [2.05, 4.69) is 38.8 Å². The fraction of sp³-hybridized carbons (Fsp3) is 1.00. The number of hydrogen-bond acceptors (Lipinski definition) is 5. The van der Waals surface area contributed by atoms with Gasteiger partial charge < -0.3 is 9.53 Å². The van der Waals surface area contributed by atoms with Gasteiger partial charge in [0.25, 0.3) is 0 Å². The Balaban J connectivity index is 2.72. The van der Waals surface area contributed by atoms with Crippen LogP contribution in [0.25, 0.3) is 0 Å². The number of nitrogens with zero attached hydrogens (tertiary/aromatic N) is 1. The van der Waals surface area contributed by atoms with Crippen molar-refractivity contribution in [1.82, 2.24) is 4.90 Å². The Morgan fingerprint density at radius 2 is 1.71 bits per heavy atom. The van der Waals surface area contributed by atoms with Crippen LogP contribution in [0.5, 0.6) is 0 Å². The van der Waals surface area contributed by atoms with Crippen LogP contribution in [0.3, 0.4) is 0 Å². The molecule has 0 bridgehead atoms. The average molecular weight is 338 g/mol. The number of rotatable bonds is 5. The highest BCUT2D eigenvalue weighted by atomic mass is 32.2. The SMILES string of the molecule is C[C@@H](O[Si](C)(C)C(C)(C)C)[C@@H](CO)N1CCS(=O)(=O)CC1. The van der Waals surface area contributed by atoms with Crippen molar-refractivity contribution in [3.8, 4) is 0 Å². The molecule has 0 spiro atoms. The summed E-state index contributed by atoms with van der Waals surface area (Å²) in [7, 11) is -4.79. The van der Waals surface area contributed by atoms with Gasteiger partial charge in [-0.05, 0) is 25.1 Å². The Hall–Kier alpha value is 0.0469. The molecule has 1 aliphatic heterocycles. The molecule has 1 heterocycles. The van der Waals surface area contributed by atoms with Crippen molar-refractivity contribution in [2.75, 3.05) is 31.2 Å². The summed E-state index contributed by atoms with van der Waals surface area (Å²) >= 11 is 0. The molecule has 0 aromatic heterocycles. The predicted molar refractivity (Wildman–Crippen MR) is 88.8 cm³/mol. The maximum atomic E-state index is 11.5. The molecule has 126 valence electrons. The first-order valence-electron chi connectivity index (χ1n) is 7.63. The minimum absolute atomic E-state index is 0.00413. The molecular formula is C14H31NO4SSi. The largest absolute Gasteiger partial charge is 0.413 e. The van der Waals surface area contributed by atoms with Gasteiger partial charge in [-0.2, -0.15) is 0 Å². The van der Waals surface area contributed by atoms with Gasteiger partial charge in [0.05, 0.1) is 30.3 Å². The molecule has 0 aromatic rings. The topological polar surface area (TPSA) is 66.8 Å². The summed E-state index contributed by atoms with van der Waals surface area (Å²) in [6, 6.07) is -0.130. The van der Waals surface area contributed by atoms with Gasteiger partial charge in [0.1, 0.15) is 0 Å². The fourth-order valence-electron chi connectivity index (χ4n) is 2.34.